The van der Waals surface area contributed by atoms with Gasteiger partial charge in [0.25, 0.3) is 5.89 Å². The van der Waals surface area contributed by atoms with Crippen molar-refractivity contribution in [2.45, 2.75) is 25.6 Å². The van der Waals surface area contributed by atoms with Crippen molar-refractivity contribution in [3.05, 3.63) is 45.5 Å². The van der Waals surface area contributed by atoms with Crippen LogP contribution in [0.1, 0.15) is 24.2 Å². The minimum atomic E-state index is -0.138. The van der Waals surface area contributed by atoms with Gasteiger partial charge in [-0.25, -0.2) is 0 Å². The first kappa shape index (κ1) is 14.8. The van der Waals surface area contributed by atoms with Gasteiger partial charge in [-0.3, -0.25) is 0 Å². The number of benzene rings is 1. The summed E-state index contributed by atoms with van der Waals surface area (Å²) >= 11 is 12.3. The lowest BCUT2D eigenvalue weighted by molar-refractivity contribution is -0.0841. The first-order valence-corrected chi connectivity index (χ1v) is 7.40. The minimum absolute atomic E-state index is 0.138. The van der Waals surface area contributed by atoms with E-state index in [1.54, 1.807) is 18.2 Å². The molecule has 1 saturated heterocycles. The van der Waals surface area contributed by atoms with E-state index in [0.717, 1.165) is 18.7 Å². The fourth-order valence-electron chi connectivity index (χ4n) is 2.09. The number of ether oxygens (including phenoxy) is 1. The van der Waals surface area contributed by atoms with Gasteiger partial charge in [0.2, 0.25) is 0 Å². The van der Waals surface area contributed by atoms with Crippen molar-refractivity contribution < 1.29 is 9.26 Å². The second-order valence-corrected chi connectivity index (χ2v) is 6.14. The van der Waals surface area contributed by atoms with Gasteiger partial charge in [-0.05, 0) is 24.6 Å². The van der Waals surface area contributed by atoms with Crippen LogP contribution in [0, 0.1) is 0 Å². The third-order valence-electron chi connectivity index (χ3n) is 3.45. The molecule has 1 N–H and O–H groups in total. The van der Waals surface area contributed by atoms with E-state index >= 15 is 0 Å². The Kier molecular flexibility index (Phi) is 4.17. The van der Waals surface area contributed by atoms with Crippen LogP contribution < -0.4 is 5.32 Å². The summed E-state index contributed by atoms with van der Waals surface area (Å²) in [6.45, 7) is 4.03. The summed E-state index contributed by atoms with van der Waals surface area (Å²) in [7, 11) is 0. The Morgan fingerprint density at radius 2 is 2.05 bits per heavy atom. The maximum atomic E-state index is 6.13. The van der Waals surface area contributed by atoms with Crippen LogP contribution in [0.5, 0.6) is 0 Å². The minimum Gasteiger partial charge on any atom is -0.363 e. The highest BCUT2D eigenvalue weighted by Crippen LogP contribution is 2.26. The summed E-state index contributed by atoms with van der Waals surface area (Å²) in [6, 6.07) is 5.38. The number of halogens is 2. The van der Waals surface area contributed by atoms with Gasteiger partial charge < -0.3 is 14.6 Å². The molecule has 1 fully saturated rings. The van der Waals surface area contributed by atoms with E-state index in [2.05, 4.69) is 15.5 Å². The van der Waals surface area contributed by atoms with E-state index in [1.807, 2.05) is 6.92 Å². The van der Waals surface area contributed by atoms with Crippen LogP contribution >= 0.6 is 23.2 Å². The number of hydrogen-bond donors (Lipinski definition) is 1. The fourth-order valence-corrected chi connectivity index (χ4v) is 2.63. The standard InChI is InChI=1S/C14H15Cl2N3O2/c1-14(7-17-8-14)20-6-13-18-12(19-21-13)5-9-10(15)3-2-4-11(9)16/h2-4,17H,5-8H2,1H3. The molecule has 2 heterocycles. The first-order valence-electron chi connectivity index (χ1n) is 6.65. The van der Waals surface area contributed by atoms with Crippen molar-refractivity contribution in [1.82, 2.24) is 15.5 Å². The molecule has 0 unspecified atom stereocenters. The lowest BCUT2D eigenvalue weighted by Gasteiger charge is -2.38. The van der Waals surface area contributed by atoms with Crippen LogP contribution in [0.2, 0.25) is 10.0 Å². The van der Waals surface area contributed by atoms with Crippen LogP contribution in [0.3, 0.4) is 0 Å². The Bertz CT molecular complexity index is 621. The molecule has 21 heavy (non-hydrogen) atoms. The Morgan fingerprint density at radius 1 is 1.33 bits per heavy atom. The van der Waals surface area contributed by atoms with E-state index in [-0.39, 0.29) is 5.60 Å². The molecule has 1 aromatic heterocycles. The average Bonchev–Trinajstić information content (AvgIpc) is 2.86. The molecule has 1 aromatic carbocycles. The van der Waals surface area contributed by atoms with Crippen molar-refractivity contribution in [2.24, 2.45) is 0 Å². The molecule has 112 valence electrons. The average molecular weight is 328 g/mol. The number of rotatable bonds is 5. The predicted molar refractivity (Wildman–Crippen MR) is 79.6 cm³/mol. The van der Waals surface area contributed by atoms with Gasteiger partial charge in [-0.2, -0.15) is 4.98 Å². The molecule has 0 bridgehead atoms. The topological polar surface area (TPSA) is 60.2 Å². The van der Waals surface area contributed by atoms with Gasteiger partial charge in [0.05, 0.1) is 5.60 Å². The van der Waals surface area contributed by atoms with Crippen molar-refractivity contribution >= 4 is 23.2 Å². The number of nitrogens with zero attached hydrogens (tertiary/aromatic N) is 2. The highest BCUT2D eigenvalue weighted by atomic mass is 35.5. The molecule has 7 heteroatoms. The molecule has 0 aliphatic carbocycles. The molecule has 0 saturated carbocycles. The van der Waals surface area contributed by atoms with Gasteiger partial charge in [-0.15, -0.1) is 0 Å². The maximum absolute atomic E-state index is 6.13. The van der Waals surface area contributed by atoms with E-state index in [9.17, 15) is 0 Å². The van der Waals surface area contributed by atoms with Crippen molar-refractivity contribution in [3.63, 3.8) is 0 Å². The van der Waals surface area contributed by atoms with E-state index < -0.39 is 0 Å². The molecule has 1 aliphatic heterocycles. The van der Waals surface area contributed by atoms with Crippen molar-refractivity contribution in [3.8, 4) is 0 Å². The zero-order valence-corrected chi connectivity index (χ0v) is 13.0. The van der Waals surface area contributed by atoms with E-state index in [0.29, 0.717) is 34.8 Å². The van der Waals surface area contributed by atoms with Gasteiger partial charge in [0.1, 0.15) is 6.61 Å². The Labute approximate surface area is 132 Å². The maximum Gasteiger partial charge on any atom is 0.252 e. The fraction of sp³-hybridized carbons (Fsp3) is 0.429. The van der Waals surface area contributed by atoms with Crippen molar-refractivity contribution in [1.29, 1.82) is 0 Å². The quantitative estimate of drug-likeness (QED) is 0.914. The highest BCUT2D eigenvalue weighted by Gasteiger charge is 2.33. The molecule has 2 aromatic rings. The smallest absolute Gasteiger partial charge is 0.252 e. The number of hydrogen-bond acceptors (Lipinski definition) is 5. The van der Waals surface area contributed by atoms with Crippen LogP contribution in [0.15, 0.2) is 22.7 Å². The molecule has 0 radical (unpaired) electrons. The Balaban J connectivity index is 1.65. The zero-order chi connectivity index (χ0) is 14.9. The second kappa shape index (κ2) is 5.93. The largest absolute Gasteiger partial charge is 0.363 e. The molecular weight excluding hydrogens is 313 g/mol. The van der Waals surface area contributed by atoms with E-state index in [4.69, 9.17) is 32.5 Å². The second-order valence-electron chi connectivity index (χ2n) is 5.32. The summed E-state index contributed by atoms with van der Waals surface area (Å²) < 4.78 is 10.9. The van der Waals surface area contributed by atoms with Gasteiger partial charge in [-0.1, -0.05) is 34.4 Å². The Morgan fingerprint density at radius 3 is 2.67 bits per heavy atom. The highest BCUT2D eigenvalue weighted by molar-refractivity contribution is 6.36. The van der Waals surface area contributed by atoms with Crippen LogP contribution in [-0.4, -0.2) is 28.8 Å². The normalized spacial score (nSPS) is 16.7. The molecule has 0 amide bonds. The molecule has 5 nitrogen and oxygen atoms in total. The predicted octanol–water partition coefficient (Wildman–Crippen LogP) is 2.85. The van der Waals surface area contributed by atoms with Crippen LogP contribution in [0.4, 0.5) is 0 Å². The molecule has 1 aliphatic rings. The van der Waals surface area contributed by atoms with Gasteiger partial charge in [0.15, 0.2) is 5.82 Å². The lowest BCUT2D eigenvalue weighted by Crippen LogP contribution is -2.58. The van der Waals surface area contributed by atoms with Crippen LogP contribution in [0.25, 0.3) is 0 Å². The Hall–Kier alpha value is -1.14. The monoisotopic (exact) mass is 327 g/mol. The zero-order valence-electron chi connectivity index (χ0n) is 11.5. The third-order valence-corrected chi connectivity index (χ3v) is 4.16. The summed E-state index contributed by atoms with van der Waals surface area (Å²) in [6.07, 6.45) is 0.431. The lowest BCUT2D eigenvalue weighted by atomic mass is 10.0. The summed E-state index contributed by atoms with van der Waals surface area (Å²) in [5.74, 6) is 1.00. The molecule has 0 spiro atoms. The number of nitrogens with one attached hydrogen (secondary N) is 1. The van der Waals surface area contributed by atoms with Crippen LogP contribution in [-0.2, 0) is 17.8 Å². The third kappa shape index (κ3) is 3.37. The SMILES string of the molecule is CC1(OCc2nc(Cc3c(Cl)cccc3Cl)no2)CNC1. The summed E-state index contributed by atoms with van der Waals surface area (Å²) in [4.78, 5) is 4.31. The van der Waals surface area contributed by atoms with Gasteiger partial charge >= 0.3 is 0 Å². The van der Waals surface area contributed by atoms with Gasteiger partial charge in [0, 0.05) is 29.6 Å². The summed E-state index contributed by atoms with van der Waals surface area (Å²) in [5.41, 5.74) is 0.657. The number of aromatic nitrogens is 2. The molecule has 0 atom stereocenters. The summed E-state index contributed by atoms with van der Waals surface area (Å²) in [5, 5.41) is 8.30. The first-order chi connectivity index (χ1) is 10.1. The molecular formula is C14H15Cl2N3O2. The van der Waals surface area contributed by atoms with E-state index in [1.165, 1.54) is 0 Å². The molecule has 3 rings (SSSR count). The van der Waals surface area contributed by atoms with Crippen molar-refractivity contribution in [2.75, 3.05) is 13.1 Å².